The Bertz CT molecular complexity index is 845. The minimum Gasteiger partial charge on any atom is -0.339 e. The van der Waals surface area contributed by atoms with Gasteiger partial charge in [0.05, 0.1) is 22.1 Å². The second kappa shape index (κ2) is 5.26. The van der Waals surface area contributed by atoms with E-state index in [2.05, 4.69) is 31.9 Å². The van der Waals surface area contributed by atoms with Crippen LogP contribution in [0.5, 0.6) is 0 Å². The average molecular weight is 318 g/mol. The van der Waals surface area contributed by atoms with Crippen LogP contribution < -0.4 is 9.80 Å². The maximum absolute atomic E-state index is 4.70. The van der Waals surface area contributed by atoms with Crippen LogP contribution in [0.15, 0.2) is 48.5 Å². The molecule has 0 radical (unpaired) electrons. The maximum Gasteiger partial charge on any atom is 0.203 e. The number of para-hydroxylation sites is 4. The SMILES string of the molecule is c1ccc2[nH]c(N3CCN(c4nc5ccccc5[nH]4)CC3)nc2c1. The number of rotatable bonds is 2. The summed E-state index contributed by atoms with van der Waals surface area (Å²) < 4.78 is 0. The molecule has 120 valence electrons. The summed E-state index contributed by atoms with van der Waals surface area (Å²) in [6.07, 6.45) is 0. The standard InChI is InChI=1S/C18H18N6/c1-2-6-14-13(5-1)19-17(20-14)23-9-11-24(12-10-23)18-21-15-7-3-4-8-16(15)22-18/h1-8H,9-12H2,(H,19,20)(H,21,22). The highest BCUT2D eigenvalue weighted by Crippen LogP contribution is 2.21. The molecule has 3 heterocycles. The Morgan fingerprint density at radius 2 is 1.04 bits per heavy atom. The highest BCUT2D eigenvalue weighted by molar-refractivity contribution is 5.78. The van der Waals surface area contributed by atoms with E-state index in [4.69, 9.17) is 9.97 Å². The zero-order valence-corrected chi connectivity index (χ0v) is 13.2. The van der Waals surface area contributed by atoms with Crippen LogP contribution in [0.2, 0.25) is 0 Å². The smallest absolute Gasteiger partial charge is 0.203 e. The molecule has 6 heteroatoms. The Labute approximate surface area is 139 Å². The number of H-pyrrole nitrogens is 2. The van der Waals surface area contributed by atoms with Crippen LogP contribution in [0.4, 0.5) is 11.9 Å². The molecule has 0 atom stereocenters. The summed E-state index contributed by atoms with van der Waals surface area (Å²) in [5, 5.41) is 0. The maximum atomic E-state index is 4.70. The van der Waals surface area contributed by atoms with Crippen molar-refractivity contribution in [1.82, 2.24) is 19.9 Å². The summed E-state index contributed by atoms with van der Waals surface area (Å²) in [4.78, 5) is 20.8. The molecular weight excluding hydrogens is 300 g/mol. The highest BCUT2D eigenvalue weighted by Gasteiger charge is 2.21. The van der Waals surface area contributed by atoms with E-state index >= 15 is 0 Å². The number of nitrogens with one attached hydrogen (secondary N) is 2. The van der Waals surface area contributed by atoms with Gasteiger partial charge in [-0.15, -0.1) is 0 Å². The quantitative estimate of drug-likeness (QED) is 0.596. The summed E-state index contributed by atoms with van der Waals surface area (Å²) in [5.41, 5.74) is 4.22. The first kappa shape index (κ1) is 13.4. The van der Waals surface area contributed by atoms with Gasteiger partial charge >= 0.3 is 0 Å². The second-order valence-corrected chi connectivity index (χ2v) is 6.13. The summed E-state index contributed by atoms with van der Waals surface area (Å²) in [6.45, 7) is 3.71. The first-order valence-electron chi connectivity index (χ1n) is 8.26. The normalized spacial score (nSPS) is 15.5. The van der Waals surface area contributed by atoms with Crippen LogP contribution in [0.1, 0.15) is 0 Å². The molecule has 1 fully saturated rings. The number of anilines is 2. The first-order valence-corrected chi connectivity index (χ1v) is 8.26. The van der Waals surface area contributed by atoms with Crippen molar-refractivity contribution >= 4 is 34.0 Å². The van der Waals surface area contributed by atoms with Gasteiger partial charge in [-0.05, 0) is 24.3 Å². The fourth-order valence-corrected chi connectivity index (χ4v) is 3.31. The van der Waals surface area contributed by atoms with Crippen LogP contribution in [-0.4, -0.2) is 46.1 Å². The van der Waals surface area contributed by atoms with Crippen molar-refractivity contribution < 1.29 is 0 Å². The molecule has 24 heavy (non-hydrogen) atoms. The van der Waals surface area contributed by atoms with Crippen molar-refractivity contribution in [3.05, 3.63) is 48.5 Å². The zero-order chi connectivity index (χ0) is 15.9. The molecule has 0 unspecified atom stereocenters. The third-order valence-electron chi connectivity index (χ3n) is 4.63. The van der Waals surface area contributed by atoms with E-state index in [0.29, 0.717) is 0 Å². The van der Waals surface area contributed by atoms with Gasteiger partial charge in [-0.3, -0.25) is 0 Å². The van der Waals surface area contributed by atoms with Crippen molar-refractivity contribution in [3.8, 4) is 0 Å². The number of imidazole rings is 2. The number of nitrogens with zero attached hydrogens (tertiary/aromatic N) is 4. The van der Waals surface area contributed by atoms with Gasteiger partial charge in [-0.1, -0.05) is 24.3 Å². The van der Waals surface area contributed by atoms with Crippen LogP contribution >= 0.6 is 0 Å². The van der Waals surface area contributed by atoms with Gasteiger partial charge in [0.2, 0.25) is 11.9 Å². The predicted octanol–water partition coefficient (Wildman–Crippen LogP) is 2.77. The molecule has 5 rings (SSSR count). The lowest BCUT2D eigenvalue weighted by molar-refractivity contribution is 0.634. The molecule has 0 bridgehead atoms. The van der Waals surface area contributed by atoms with Gasteiger partial charge in [0.15, 0.2) is 0 Å². The summed E-state index contributed by atoms with van der Waals surface area (Å²) >= 11 is 0. The van der Waals surface area contributed by atoms with Crippen molar-refractivity contribution in [2.24, 2.45) is 0 Å². The fraction of sp³-hybridized carbons (Fsp3) is 0.222. The molecule has 2 aromatic carbocycles. The average Bonchev–Trinajstić information content (AvgIpc) is 3.25. The van der Waals surface area contributed by atoms with E-state index in [1.54, 1.807) is 0 Å². The number of hydrogen-bond donors (Lipinski definition) is 2. The van der Waals surface area contributed by atoms with Gasteiger partial charge in [-0.25, -0.2) is 9.97 Å². The third-order valence-corrected chi connectivity index (χ3v) is 4.63. The van der Waals surface area contributed by atoms with E-state index in [-0.39, 0.29) is 0 Å². The number of benzene rings is 2. The van der Waals surface area contributed by atoms with Crippen molar-refractivity contribution in [2.45, 2.75) is 0 Å². The largest absolute Gasteiger partial charge is 0.339 e. The molecule has 2 N–H and O–H groups in total. The van der Waals surface area contributed by atoms with Crippen molar-refractivity contribution in [3.63, 3.8) is 0 Å². The van der Waals surface area contributed by atoms with Gasteiger partial charge in [0.25, 0.3) is 0 Å². The first-order chi connectivity index (χ1) is 11.9. The summed E-state index contributed by atoms with van der Waals surface area (Å²) in [7, 11) is 0. The molecule has 0 saturated carbocycles. The lowest BCUT2D eigenvalue weighted by atomic mass is 10.3. The van der Waals surface area contributed by atoms with Crippen LogP contribution in [0.3, 0.4) is 0 Å². The molecule has 1 aliphatic heterocycles. The van der Waals surface area contributed by atoms with E-state index in [9.17, 15) is 0 Å². The monoisotopic (exact) mass is 318 g/mol. The van der Waals surface area contributed by atoms with Crippen molar-refractivity contribution in [2.75, 3.05) is 36.0 Å². The Morgan fingerprint density at radius 1 is 0.625 bits per heavy atom. The fourth-order valence-electron chi connectivity index (χ4n) is 3.31. The van der Waals surface area contributed by atoms with Gasteiger partial charge < -0.3 is 19.8 Å². The Balaban J connectivity index is 1.34. The lowest BCUT2D eigenvalue weighted by Gasteiger charge is -2.34. The number of hydrogen-bond acceptors (Lipinski definition) is 4. The Morgan fingerprint density at radius 3 is 1.46 bits per heavy atom. The van der Waals surface area contributed by atoms with E-state index < -0.39 is 0 Å². The molecule has 4 aromatic rings. The molecule has 1 aliphatic rings. The van der Waals surface area contributed by atoms with Crippen LogP contribution in [0.25, 0.3) is 22.1 Å². The summed E-state index contributed by atoms with van der Waals surface area (Å²) in [6, 6.07) is 16.3. The second-order valence-electron chi connectivity index (χ2n) is 6.13. The summed E-state index contributed by atoms with van der Waals surface area (Å²) in [5.74, 6) is 1.92. The van der Waals surface area contributed by atoms with Crippen LogP contribution in [-0.2, 0) is 0 Å². The molecule has 6 nitrogen and oxygen atoms in total. The number of aromatic amines is 2. The zero-order valence-electron chi connectivity index (χ0n) is 13.2. The van der Waals surface area contributed by atoms with E-state index in [1.807, 2.05) is 36.4 Å². The number of piperazine rings is 1. The van der Waals surface area contributed by atoms with Crippen molar-refractivity contribution in [1.29, 1.82) is 0 Å². The molecule has 0 aliphatic carbocycles. The van der Waals surface area contributed by atoms with E-state index in [1.165, 1.54) is 0 Å². The molecule has 0 amide bonds. The minimum absolute atomic E-state index is 0.927. The van der Waals surface area contributed by atoms with Gasteiger partial charge in [0, 0.05) is 26.2 Å². The van der Waals surface area contributed by atoms with E-state index in [0.717, 1.165) is 60.1 Å². The highest BCUT2D eigenvalue weighted by atomic mass is 15.4. The lowest BCUT2D eigenvalue weighted by Crippen LogP contribution is -2.47. The Kier molecular flexibility index (Phi) is 2.94. The van der Waals surface area contributed by atoms with Gasteiger partial charge in [-0.2, -0.15) is 0 Å². The number of fused-ring (bicyclic) bond motifs is 2. The molecule has 1 saturated heterocycles. The topological polar surface area (TPSA) is 63.8 Å². The number of aromatic nitrogens is 4. The molecule has 2 aromatic heterocycles. The van der Waals surface area contributed by atoms with Crippen LogP contribution in [0, 0.1) is 0 Å². The predicted molar refractivity (Wildman–Crippen MR) is 96.6 cm³/mol. The molecule has 0 spiro atoms. The third kappa shape index (κ3) is 2.19. The Hall–Kier alpha value is -3.02. The molecular formula is C18H18N6. The van der Waals surface area contributed by atoms with Gasteiger partial charge in [0.1, 0.15) is 0 Å². The minimum atomic E-state index is 0.927.